The molecule has 0 aliphatic rings. The van der Waals surface area contributed by atoms with E-state index >= 15 is 0 Å². The summed E-state index contributed by atoms with van der Waals surface area (Å²) in [5.41, 5.74) is 2.13. The molecule has 0 aromatic heterocycles. The van der Waals surface area contributed by atoms with Crippen LogP contribution in [0.5, 0.6) is 0 Å². The van der Waals surface area contributed by atoms with Gasteiger partial charge in [-0.2, -0.15) is 0 Å². The summed E-state index contributed by atoms with van der Waals surface area (Å²) in [5, 5.41) is 0. The molecule has 0 nitrogen and oxygen atoms in total. The molecule has 0 radical (unpaired) electrons. The van der Waals surface area contributed by atoms with Crippen molar-refractivity contribution < 1.29 is 0 Å². The predicted molar refractivity (Wildman–Crippen MR) is 60.1 cm³/mol. The van der Waals surface area contributed by atoms with Gasteiger partial charge in [0, 0.05) is 0 Å². The van der Waals surface area contributed by atoms with Gasteiger partial charge in [0.15, 0.2) is 0 Å². The Balaban J connectivity index is 0. The maximum Gasteiger partial charge on any atom is 0.133 e. The lowest BCUT2D eigenvalue weighted by molar-refractivity contribution is 1.27. The summed E-state index contributed by atoms with van der Waals surface area (Å²) < 4.78 is 0. The van der Waals surface area contributed by atoms with Crippen LogP contribution in [0.15, 0.2) is 24.3 Å². The van der Waals surface area contributed by atoms with Crippen LogP contribution in [0.1, 0.15) is 16.0 Å². The van der Waals surface area contributed by atoms with Crippen molar-refractivity contribution in [3.63, 3.8) is 0 Å². The molecular formula is C8H10Cl4. The molecule has 0 atom stereocenters. The second-order valence-electron chi connectivity index (χ2n) is 2.16. The Hall–Kier alpha value is 0.380. The third kappa shape index (κ3) is 3.86. The van der Waals surface area contributed by atoms with Crippen LogP contribution in [0, 0.1) is 6.92 Å². The van der Waals surface area contributed by atoms with Crippen molar-refractivity contribution in [2.24, 2.45) is 0 Å². The first-order chi connectivity index (χ1) is 4.72. The lowest BCUT2D eigenvalue weighted by Gasteiger charge is -2.03. The Labute approximate surface area is 95.1 Å². The standard InChI is InChI=1S/C8H8Cl2.2ClH/c1-6-4-2-3-5-7(6)8(9)10;;/h2-5,8H,1H3;2*1H. The van der Waals surface area contributed by atoms with Gasteiger partial charge in [-0.05, 0) is 18.1 Å². The van der Waals surface area contributed by atoms with E-state index in [0.29, 0.717) is 0 Å². The molecular weight excluding hydrogens is 238 g/mol. The first-order valence-corrected chi connectivity index (χ1v) is 3.93. The van der Waals surface area contributed by atoms with Gasteiger partial charge in [-0.15, -0.1) is 48.0 Å². The second kappa shape index (κ2) is 6.85. The van der Waals surface area contributed by atoms with E-state index in [1.165, 1.54) is 0 Å². The van der Waals surface area contributed by atoms with Gasteiger partial charge in [-0.25, -0.2) is 0 Å². The number of hydrogen-bond acceptors (Lipinski definition) is 0. The molecule has 0 heterocycles. The summed E-state index contributed by atoms with van der Waals surface area (Å²) in [7, 11) is 0. The molecule has 0 saturated carbocycles. The highest BCUT2D eigenvalue weighted by Gasteiger charge is 2.03. The molecule has 70 valence electrons. The maximum absolute atomic E-state index is 5.67. The zero-order valence-corrected chi connectivity index (χ0v) is 9.60. The molecule has 0 unspecified atom stereocenters. The summed E-state index contributed by atoms with van der Waals surface area (Å²) >= 11 is 11.3. The van der Waals surface area contributed by atoms with Gasteiger partial charge in [-0.3, -0.25) is 0 Å². The van der Waals surface area contributed by atoms with Crippen LogP contribution < -0.4 is 0 Å². The molecule has 0 saturated heterocycles. The van der Waals surface area contributed by atoms with Crippen LogP contribution in [0.4, 0.5) is 0 Å². The average Bonchev–Trinajstić information content (AvgIpc) is 1.88. The molecule has 1 aromatic carbocycles. The number of alkyl halides is 2. The highest BCUT2D eigenvalue weighted by molar-refractivity contribution is 6.44. The van der Waals surface area contributed by atoms with Crippen LogP contribution in [0.25, 0.3) is 0 Å². The third-order valence-corrected chi connectivity index (χ3v) is 1.89. The van der Waals surface area contributed by atoms with Crippen LogP contribution >= 0.6 is 48.0 Å². The molecule has 4 heteroatoms. The third-order valence-electron chi connectivity index (χ3n) is 1.42. The summed E-state index contributed by atoms with van der Waals surface area (Å²) in [4.78, 5) is -0.402. The predicted octanol–water partition coefficient (Wildman–Crippen LogP) is 4.31. The molecule has 1 aromatic rings. The maximum atomic E-state index is 5.67. The monoisotopic (exact) mass is 246 g/mol. The zero-order chi connectivity index (χ0) is 7.56. The summed E-state index contributed by atoms with van der Waals surface area (Å²) in [6.45, 7) is 1.99. The molecule has 12 heavy (non-hydrogen) atoms. The first-order valence-electron chi connectivity index (χ1n) is 3.05. The normalized spacial score (nSPS) is 8.67. The van der Waals surface area contributed by atoms with Gasteiger partial charge in [-0.1, -0.05) is 24.3 Å². The van der Waals surface area contributed by atoms with Crippen LogP contribution in [0.2, 0.25) is 0 Å². The highest BCUT2D eigenvalue weighted by Crippen LogP contribution is 2.26. The minimum absolute atomic E-state index is 0. The number of halogens is 4. The van der Waals surface area contributed by atoms with Crippen molar-refractivity contribution in [2.75, 3.05) is 0 Å². The van der Waals surface area contributed by atoms with Gasteiger partial charge >= 0.3 is 0 Å². The lowest BCUT2D eigenvalue weighted by Crippen LogP contribution is -1.84. The fraction of sp³-hybridized carbons (Fsp3) is 0.250. The minimum atomic E-state index is -0.402. The smallest absolute Gasteiger partial charge is 0.133 e. The van der Waals surface area contributed by atoms with Gasteiger partial charge in [0.25, 0.3) is 0 Å². The molecule has 0 fully saturated rings. The molecule has 0 bridgehead atoms. The number of benzene rings is 1. The molecule has 0 aliphatic heterocycles. The topological polar surface area (TPSA) is 0 Å². The molecule has 1 rings (SSSR count). The largest absolute Gasteiger partial charge is 0.147 e. The SMILES string of the molecule is Cc1ccccc1C(Cl)Cl.Cl.Cl. The van der Waals surface area contributed by atoms with E-state index in [2.05, 4.69) is 0 Å². The van der Waals surface area contributed by atoms with E-state index in [4.69, 9.17) is 23.2 Å². The fourth-order valence-electron chi connectivity index (χ4n) is 0.832. The molecule has 0 aliphatic carbocycles. The highest BCUT2D eigenvalue weighted by atomic mass is 35.5. The van der Waals surface area contributed by atoms with E-state index in [9.17, 15) is 0 Å². The number of hydrogen-bond donors (Lipinski definition) is 0. The summed E-state index contributed by atoms with van der Waals surface area (Å²) in [6.07, 6.45) is 0. The molecule has 0 N–H and O–H groups in total. The van der Waals surface area contributed by atoms with Crippen molar-refractivity contribution in [3.8, 4) is 0 Å². The van der Waals surface area contributed by atoms with E-state index in [1.807, 2.05) is 31.2 Å². The van der Waals surface area contributed by atoms with Gasteiger partial charge in [0.1, 0.15) is 4.84 Å². The van der Waals surface area contributed by atoms with Crippen molar-refractivity contribution in [2.45, 2.75) is 11.8 Å². The summed E-state index contributed by atoms with van der Waals surface area (Å²) in [5.74, 6) is 0. The number of rotatable bonds is 1. The Morgan fingerprint density at radius 2 is 1.58 bits per heavy atom. The first kappa shape index (κ1) is 14.9. The van der Waals surface area contributed by atoms with E-state index < -0.39 is 4.84 Å². The Bertz CT molecular complexity index is 222. The van der Waals surface area contributed by atoms with Gasteiger partial charge in [0.2, 0.25) is 0 Å². The van der Waals surface area contributed by atoms with Crippen molar-refractivity contribution in [1.82, 2.24) is 0 Å². The van der Waals surface area contributed by atoms with E-state index in [0.717, 1.165) is 11.1 Å². The Morgan fingerprint density at radius 1 is 1.08 bits per heavy atom. The quantitative estimate of drug-likeness (QED) is 0.649. The fourth-order valence-corrected chi connectivity index (χ4v) is 1.32. The van der Waals surface area contributed by atoms with Gasteiger partial charge in [0.05, 0.1) is 0 Å². The van der Waals surface area contributed by atoms with Crippen LogP contribution in [-0.4, -0.2) is 0 Å². The Kier molecular flexibility index (Phi) is 8.49. The average molecular weight is 248 g/mol. The lowest BCUT2D eigenvalue weighted by atomic mass is 10.1. The van der Waals surface area contributed by atoms with E-state index in [1.54, 1.807) is 0 Å². The number of aryl methyl sites for hydroxylation is 1. The van der Waals surface area contributed by atoms with Crippen molar-refractivity contribution in [3.05, 3.63) is 35.4 Å². The van der Waals surface area contributed by atoms with Crippen LogP contribution in [-0.2, 0) is 0 Å². The Morgan fingerprint density at radius 3 is 1.92 bits per heavy atom. The van der Waals surface area contributed by atoms with Crippen molar-refractivity contribution in [1.29, 1.82) is 0 Å². The van der Waals surface area contributed by atoms with Crippen LogP contribution in [0.3, 0.4) is 0 Å². The summed E-state index contributed by atoms with van der Waals surface area (Å²) in [6, 6.07) is 7.82. The van der Waals surface area contributed by atoms with E-state index in [-0.39, 0.29) is 24.8 Å². The zero-order valence-electron chi connectivity index (χ0n) is 6.46. The second-order valence-corrected chi connectivity index (χ2v) is 3.25. The van der Waals surface area contributed by atoms with Gasteiger partial charge < -0.3 is 0 Å². The molecule has 0 spiro atoms. The van der Waals surface area contributed by atoms with Crippen molar-refractivity contribution >= 4 is 48.0 Å². The minimum Gasteiger partial charge on any atom is -0.147 e. The molecule has 0 amide bonds.